The molecule has 6 N–H and O–H groups in total. The fourth-order valence-corrected chi connectivity index (χ4v) is 12.4. The normalized spacial score (nSPS) is 47.0. The second kappa shape index (κ2) is 13.6. The summed E-state index contributed by atoms with van der Waals surface area (Å²) >= 11 is 0. The minimum Gasteiger partial charge on any atom is -0.454 e. The molecule has 0 aromatic carbocycles. The van der Waals surface area contributed by atoms with E-state index >= 15 is 0 Å². The van der Waals surface area contributed by atoms with E-state index in [1.807, 2.05) is 0 Å². The molecule has 0 aromatic heterocycles. The monoisotopic (exact) mass is 744 g/mol. The Labute approximate surface area is 316 Å². The van der Waals surface area contributed by atoms with E-state index in [0.29, 0.717) is 22.3 Å². The number of carbonyl (C=O) groups excluding carboxylic acids is 2. The van der Waals surface area contributed by atoms with Crippen LogP contribution in [0.5, 0.6) is 0 Å². The van der Waals surface area contributed by atoms with Gasteiger partial charge >= 0.3 is 5.97 Å². The lowest BCUT2D eigenvalue weighted by Gasteiger charge is -2.67. The van der Waals surface area contributed by atoms with Gasteiger partial charge in [-0.15, -0.1) is 0 Å². The Hall–Kier alpha value is -1.92. The highest BCUT2D eigenvalue weighted by molar-refractivity contribution is 5.93. The van der Waals surface area contributed by atoms with Crippen LogP contribution >= 0.6 is 0 Å². The van der Waals surface area contributed by atoms with Gasteiger partial charge in [-0.25, -0.2) is 0 Å². The van der Waals surface area contributed by atoms with Crippen LogP contribution < -0.4 is 0 Å². The Morgan fingerprint density at radius 3 is 2.15 bits per heavy atom. The molecule has 10 nitrogen and oxygen atoms in total. The van der Waals surface area contributed by atoms with Gasteiger partial charge < -0.3 is 40.1 Å². The summed E-state index contributed by atoms with van der Waals surface area (Å²) in [5.74, 6) is -1.40. The second-order valence-electron chi connectivity index (χ2n) is 19.2. The van der Waals surface area contributed by atoms with Crippen LogP contribution in [0.2, 0.25) is 0 Å². The van der Waals surface area contributed by atoms with Crippen LogP contribution in [-0.4, -0.2) is 96.8 Å². The average Bonchev–Trinajstić information content (AvgIpc) is 3.04. The highest BCUT2D eigenvalue weighted by atomic mass is 16.6. The van der Waals surface area contributed by atoms with Gasteiger partial charge in [-0.05, 0) is 105 Å². The standard InChI is InChI=1S/C22H32O9.C20H32O.CH4/c1-9-11(24)7-22(29)18(28)16-20(5,17(27)15(26)14(9)19(22,3)4)12(25)6-13-21(16,8-30-13)31-10(2)23;1-13-6-7-15-12-17-14(2)18(21)9-11-20(17,5)10-8-16(13)19(15,3)4;/h11-13,15-16,18,24-26,28-29H,6-8H2,1-5H3;15,17-18,21H,2,6-12H2,1,3-5H3;1H4/t11-,12-,13+,15+,16-,18-,20+,21-,22+;15-,17+,18?,20+;/m00./s1. The summed E-state index contributed by atoms with van der Waals surface area (Å²) in [6.07, 6.45) is 1.20. The molecule has 300 valence electrons. The molecule has 5 fully saturated rings. The van der Waals surface area contributed by atoms with Crippen LogP contribution in [0.15, 0.2) is 34.4 Å². The molecule has 1 heterocycles. The molecule has 4 bridgehead atoms. The van der Waals surface area contributed by atoms with Crippen LogP contribution in [0.4, 0.5) is 0 Å². The Balaban J connectivity index is 0.000000215. The first kappa shape index (κ1) is 42.2. The van der Waals surface area contributed by atoms with Crippen LogP contribution in [0.25, 0.3) is 0 Å². The second-order valence-corrected chi connectivity index (χ2v) is 19.2. The molecule has 7 aliphatic rings. The largest absolute Gasteiger partial charge is 0.454 e. The highest BCUT2D eigenvalue weighted by Gasteiger charge is 2.76. The number of carbonyl (C=O) groups is 2. The van der Waals surface area contributed by atoms with E-state index in [2.05, 4.69) is 34.3 Å². The van der Waals surface area contributed by atoms with Crippen molar-refractivity contribution < 1.29 is 49.7 Å². The molecule has 7 rings (SSSR count). The summed E-state index contributed by atoms with van der Waals surface area (Å²) in [7, 11) is 0. The fraction of sp³-hybridized carbons (Fsp3) is 0.814. The summed E-state index contributed by atoms with van der Waals surface area (Å²) < 4.78 is 11.2. The number of rotatable bonds is 1. The zero-order chi connectivity index (χ0) is 38.7. The molecule has 1 unspecified atom stereocenters. The number of fused-ring (bicyclic) bond motifs is 8. The van der Waals surface area contributed by atoms with Gasteiger partial charge in [0.2, 0.25) is 0 Å². The van der Waals surface area contributed by atoms with E-state index in [1.165, 1.54) is 46.0 Å². The van der Waals surface area contributed by atoms with Crippen molar-refractivity contribution in [1.82, 2.24) is 0 Å². The first-order valence-corrected chi connectivity index (χ1v) is 19.5. The van der Waals surface area contributed by atoms with Crippen molar-refractivity contribution in [1.29, 1.82) is 0 Å². The van der Waals surface area contributed by atoms with Crippen molar-refractivity contribution in [2.75, 3.05) is 6.61 Å². The van der Waals surface area contributed by atoms with Crippen LogP contribution in [0.1, 0.15) is 128 Å². The molecule has 0 radical (unpaired) electrons. The van der Waals surface area contributed by atoms with Gasteiger partial charge in [-0.3, -0.25) is 9.59 Å². The summed E-state index contributed by atoms with van der Waals surface area (Å²) in [4.78, 5) is 25.8. The molecular formula is C43H68O10. The number of Topliss-reactive ketones (excluding diaryl/α,β-unsaturated/α-hetero) is 1. The van der Waals surface area contributed by atoms with Crippen LogP contribution in [0.3, 0.4) is 0 Å². The Morgan fingerprint density at radius 1 is 0.925 bits per heavy atom. The minimum atomic E-state index is -1.99. The van der Waals surface area contributed by atoms with Gasteiger partial charge in [0.1, 0.15) is 17.8 Å². The number of hydrogen-bond acceptors (Lipinski definition) is 10. The average molecular weight is 745 g/mol. The van der Waals surface area contributed by atoms with Gasteiger partial charge in [0.25, 0.3) is 0 Å². The fourth-order valence-electron chi connectivity index (χ4n) is 12.4. The SMILES string of the molecule is C.C=C1C(O)CC[C@@]2(C)CCC3=C(C)CC[C@@H](C[C@H]12)C3(C)C.CC(=O)O[C@@]12CO[C@@H]1C[C@H](O)[C@@]1(C)C(=O)[C@H](O)C3=C(C)[C@@H](O)C[C@@](O)([C@@H](O)[C@H]21)C3(C)C. The maximum atomic E-state index is 13.8. The zero-order valence-electron chi connectivity index (χ0n) is 32.8. The summed E-state index contributed by atoms with van der Waals surface area (Å²) in [6, 6.07) is 0. The zero-order valence-corrected chi connectivity index (χ0v) is 32.8. The first-order valence-electron chi connectivity index (χ1n) is 19.5. The number of aliphatic hydroxyl groups excluding tert-OH is 5. The lowest BCUT2D eigenvalue weighted by atomic mass is 9.45. The molecule has 53 heavy (non-hydrogen) atoms. The van der Waals surface area contributed by atoms with Gasteiger partial charge in [-0.2, -0.15) is 0 Å². The van der Waals surface area contributed by atoms with E-state index in [-0.39, 0.29) is 38.6 Å². The highest BCUT2D eigenvalue weighted by Crippen LogP contribution is 2.63. The Bertz CT molecular complexity index is 1580. The van der Waals surface area contributed by atoms with E-state index < -0.39 is 70.2 Å². The van der Waals surface area contributed by atoms with Crippen LogP contribution in [0, 0.1) is 39.4 Å². The molecule has 1 aliphatic heterocycles. The molecule has 1 saturated heterocycles. The third-order valence-corrected chi connectivity index (χ3v) is 16.1. The summed E-state index contributed by atoms with van der Waals surface area (Å²) in [6.45, 7) is 21.3. The first-order chi connectivity index (χ1) is 23.9. The molecule has 4 saturated carbocycles. The lowest BCUT2D eigenvalue weighted by molar-refractivity contribution is -0.346. The molecule has 0 amide bonds. The van der Waals surface area contributed by atoms with E-state index in [1.54, 1.807) is 31.9 Å². The molecule has 10 heteroatoms. The van der Waals surface area contributed by atoms with Gasteiger partial charge in [-0.1, -0.05) is 59.8 Å². The molecule has 0 spiro atoms. The van der Waals surface area contributed by atoms with Crippen molar-refractivity contribution in [3.8, 4) is 0 Å². The molecule has 0 aromatic rings. The van der Waals surface area contributed by atoms with E-state index in [4.69, 9.17) is 9.47 Å². The van der Waals surface area contributed by atoms with E-state index in [9.17, 15) is 40.2 Å². The number of ether oxygens (including phenoxy) is 2. The third kappa shape index (κ3) is 5.90. The van der Waals surface area contributed by atoms with E-state index in [0.717, 1.165) is 24.3 Å². The Morgan fingerprint density at radius 2 is 1.57 bits per heavy atom. The number of hydrogen-bond donors (Lipinski definition) is 6. The van der Waals surface area contributed by atoms with Crippen molar-refractivity contribution in [2.24, 2.45) is 39.4 Å². The molecule has 13 atom stereocenters. The lowest BCUT2D eigenvalue weighted by Crippen LogP contribution is -2.81. The van der Waals surface area contributed by atoms with Gasteiger partial charge in [0.15, 0.2) is 11.4 Å². The molecule has 6 aliphatic carbocycles. The van der Waals surface area contributed by atoms with Crippen molar-refractivity contribution in [3.05, 3.63) is 34.4 Å². The predicted molar refractivity (Wildman–Crippen MR) is 201 cm³/mol. The summed E-state index contributed by atoms with van der Waals surface area (Å²) in [5, 5.41) is 66.8. The van der Waals surface area contributed by atoms with Crippen molar-refractivity contribution >= 4 is 11.8 Å². The Kier molecular flexibility index (Phi) is 10.9. The maximum Gasteiger partial charge on any atom is 0.303 e. The van der Waals surface area contributed by atoms with Gasteiger partial charge in [0.05, 0.1) is 36.4 Å². The number of esters is 1. The minimum absolute atomic E-state index is 0. The molecular weight excluding hydrogens is 676 g/mol. The number of aliphatic hydroxyl groups is 6. The van der Waals surface area contributed by atoms with Gasteiger partial charge in [0, 0.05) is 31.1 Å². The number of allylic oxidation sites excluding steroid dienone is 2. The van der Waals surface area contributed by atoms with Crippen molar-refractivity contribution in [3.63, 3.8) is 0 Å². The quantitative estimate of drug-likeness (QED) is 0.157. The predicted octanol–water partition coefficient (Wildman–Crippen LogP) is 5.11. The maximum absolute atomic E-state index is 13.8. The van der Waals surface area contributed by atoms with Crippen molar-refractivity contribution in [2.45, 2.75) is 175 Å². The topological polar surface area (TPSA) is 174 Å². The summed E-state index contributed by atoms with van der Waals surface area (Å²) in [5.41, 5.74) is -0.762. The van der Waals surface area contributed by atoms with Crippen LogP contribution in [-0.2, 0) is 19.1 Å². The smallest absolute Gasteiger partial charge is 0.303 e. The number of ketones is 1. The third-order valence-electron chi connectivity index (χ3n) is 16.1.